The van der Waals surface area contributed by atoms with Gasteiger partial charge < -0.3 is 15.5 Å². The van der Waals surface area contributed by atoms with Crippen molar-refractivity contribution in [1.82, 2.24) is 0 Å². The number of phenolic OH excluding ortho intramolecular Hbond substituents is 2. The number of nitrogens with one attached hydrogen (secondary N) is 1. The highest BCUT2D eigenvalue weighted by Crippen LogP contribution is 2.25. The summed E-state index contributed by atoms with van der Waals surface area (Å²) in [5.74, 6) is -1.10. The van der Waals surface area contributed by atoms with Crippen LogP contribution < -0.4 is 5.32 Å². The summed E-state index contributed by atoms with van der Waals surface area (Å²) in [6, 6.07) is 10.2. The van der Waals surface area contributed by atoms with Gasteiger partial charge in [0.2, 0.25) is 0 Å². The summed E-state index contributed by atoms with van der Waals surface area (Å²) in [4.78, 5) is 22.5. The van der Waals surface area contributed by atoms with E-state index in [4.69, 9.17) is 5.11 Å². The maximum Gasteiger partial charge on any atom is 0.255 e. The molecule has 2 rings (SSSR count). The Hall–Kier alpha value is -2.82. The zero-order valence-electron chi connectivity index (χ0n) is 9.83. The van der Waals surface area contributed by atoms with Gasteiger partial charge in [0.1, 0.15) is 6.29 Å². The molecule has 96 valence electrons. The van der Waals surface area contributed by atoms with Crippen LogP contribution in [0.1, 0.15) is 20.7 Å². The third-order valence-corrected chi connectivity index (χ3v) is 2.52. The molecule has 2 aromatic carbocycles. The summed E-state index contributed by atoms with van der Waals surface area (Å²) >= 11 is 0. The first kappa shape index (κ1) is 12.6. The molecule has 0 aliphatic rings. The number of anilines is 1. The van der Waals surface area contributed by atoms with Gasteiger partial charge in [-0.3, -0.25) is 9.59 Å². The normalized spacial score (nSPS) is 9.89. The fraction of sp³-hybridized carbons (Fsp3) is 0. The van der Waals surface area contributed by atoms with Gasteiger partial charge in [-0.05, 0) is 30.3 Å². The lowest BCUT2D eigenvalue weighted by Crippen LogP contribution is -2.11. The van der Waals surface area contributed by atoms with E-state index in [0.717, 1.165) is 6.07 Å². The molecule has 0 saturated carbocycles. The number of carbonyl (C=O) groups is 2. The second-order valence-electron chi connectivity index (χ2n) is 3.90. The number of benzene rings is 2. The molecule has 0 aliphatic carbocycles. The zero-order chi connectivity index (χ0) is 13.8. The van der Waals surface area contributed by atoms with Crippen molar-refractivity contribution in [3.63, 3.8) is 0 Å². The quantitative estimate of drug-likeness (QED) is 0.581. The number of hydrogen-bond acceptors (Lipinski definition) is 4. The minimum atomic E-state index is -0.446. The van der Waals surface area contributed by atoms with E-state index in [1.54, 1.807) is 18.2 Å². The first-order valence-corrected chi connectivity index (χ1v) is 5.49. The molecule has 0 saturated heterocycles. The van der Waals surface area contributed by atoms with Crippen molar-refractivity contribution in [2.24, 2.45) is 0 Å². The molecule has 19 heavy (non-hydrogen) atoms. The lowest BCUT2D eigenvalue weighted by Gasteiger charge is -2.06. The van der Waals surface area contributed by atoms with Crippen LogP contribution in [0.4, 0.5) is 5.69 Å². The number of rotatable bonds is 3. The number of aromatic hydroxyl groups is 2. The Labute approximate surface area is 109 Å². The van der Waals surface area contributed by atoms with Gasteiger partial charge in [-0.15, -0.1) is 0 Å². The highest BCUT2D eigenvalue weighted by atomic mass is 16.3. The van der Waals surface area contributed by atoms with Crippen molar-refractivity contribution in [1.29, 1.82) is 0 Å². The third kappa shape index (κ3) is 2.90. The largest absolute Gasteiger partial charge is 0.504 e. The maximum atomic E-state index is 11.9. The number of aldehydes is 1. The molecule has 0 spiro atoms. The summed E-state index contributed by atoms with van der Waals surface area (Å²) in [5.41, 5.74) is 1.13. The van der Waals surface area contributed by atoms with E-state index < -0.39 is 5.91 Å². The van der Waals surface area contributed by atoms with E-state index >= 15 is 0 Å². The molecule has 0 bridgehead atoms. The molecule has 0 aromatic heterocycles. The van der Waals surface area contributed by atoms with Crippen molar-refractivity contribution in [3.05, 3.63) is 53.6 Å². The molecule has 0 aliphatic heterocycles. The van der Waals surface area contributed by atoms with Gasteiger partial charge in [0.15, 0.2) is 11.5 Å². The van der Waals surface area contributed by atoms with Crippen LogP contribution in [0.15, 0.2) is 42.5 Å². The van der Waals surface area contributed by atoms with E-state index in [9.17, 15) is 14.7 Å². The van der Waals surface area contributed by atoms with E-state index in [2.05, 4.69) is 5.32 Å². The number of carbonyl (C=O) groups excluding carboxylic acids is 2. The van der Waals surface area contributed by atoms with Crippen LogP contribution in [-0.2, 0) is 0 Å². The van der Waals surface area contributed by atoms with Gasteiger partial charge in [0.05, 0.1) is 0 Å². The average molecular weight is 257 g/mol. The molecule has 0 radical (unpaired) electrons. The fourth-order valence-electron chi connectivity index (χ4n) is 1.56. The highest BCUT2D eigenvalue weighted by molar-refractivity contribution is 6.04. The Kier molecular flexibility index (Phi) is 3.47. The standard InChI is InChI=1S/C14H11NO4/c16-8-9-2-1-3-11(6-9)15-14(19)10-4-5-12(17)13(18)7-10/h1-8,17-18H,(H,15,19). The highest BCUT2D eigenvalue weighted by Gasteiger charge is 2.09. The minimum Gasteiger partial charge on any atom is -0.504 e. The van der Waals surface area contributed by atoms with Crippen LogP contribution in [0.3, 0.4) is 0 Å². The number of amides is 1. The molecule has 0 heterocycles. The molecule has 0 fully saturated rings. The summed E-state index contributed by atoms with van der Waals surface area (Å²) in [6.07, 6.45) is 0.683. The lowest BCUT2D eigenvalue weighted by atomic mass is 10.1. The predicted octanol–water partition coefficient (Wildman–Crippen LogP) is 2.16. The van der Waals surface area contributed by atoms with Crippen molar-refractivity contribution in [2.75, 3.05) is 5.32 Å². The molecule has 0 unspecified atom stereocenters. The third-order valence-electron chi connectivity index (χ3n) is 2.52. The summed E-state index contributed by atoms with van der Waals surface area (Å²) in [5, 5.41) is 21.1. The Bertz CT molecular complexity index is 637. The van der Waals surface area contributed by atoms with Gasteiger partial charge >= 0.3 is 0 Å². The van der Waals surface area contributed by atoms with Crippen molar-refractivity contribution in [2.45, 2.75) is 0 Å². The first-order chi connectivity index (χ1) is 9.10. The Morgan fingerprint density at radius 3 is 2.53 bits per heavy atom. The second-order valence-corrected chi connectivity index (χ2v) is 3.90. The SMILES string of the molecule is O=Cc1cccc(NC(=O)c2ccc(O)c(O)c2)c1. The van der Waals surface area contributed by atoms with E-state index in [-0.39, 0.29) is 17.1 Å². The van der Waals surface area contributed by atoms with Gasteiger partial charge in [-0.1, -0.05) is 12.1 Å². The van der Waals surface area contributed by atoms with Crippen LogP contribution in [0.5, 0.6) is 11.5 Å². The number of phenols is 2. The van der Waals surface area contributed by atoms with Gasteiger partial charge in [0.25, 0.3) is 5.91 Å². The van der Waals surface area contributed by atoms with Gasteiger partial charge in [0, 0.05) is 16.8 Å². The van der Waals surface area contributed by atoms with E-state index in [0.29, 0.717) is 17.5 Å². The first-order valence-electron chi connectivity index (χ1n) is 5.49. The van der Waals surface area contributed by atoms with Crippen LogP contribution in [0.25, 0.3) is 0 Å². The Morgan fingerprint density at radius 1 is 1.05 bits per heavy atom. The van der Waals surface area contributed by atoms with Crippen LogP contribution in [0.2, 0.25) is 0 Å². The van der Waals surface area contributed by atoms with E-state index in [1.165, 1.54) is 18.2 Å². The number of hydrogen-bond donors (Lipinski definition) is 3. The summed E-state index contributed by atoms with van der Waals surface area (Å²) < 4.78 is 0. The molecular formula is C14H11NO4. The Balaban J connectivity index is 2.20. The van der Waals surface area contributed by atoms with E-state index in [1.807, 2.05) is 0 Å². The summed E-state index contributed by atoms with van der Waals surface area (Å²) in [7, 11) is 0. The van der Waals surface area contributed by atoms with Gasteiger partial charge in [-0.25, -0.2) is 0 Å². The van der Waals surface area contributed by atoms with Crippen LogP contribution in [0, 0.1) is 0 Å². The minimum absolute atomic E-state index is 0.201. The fourth-order valence-corrected chi connectivity index (χ4v) is 1.56. The molecular weight excluding hydrogens is 246 g/mol. The smallest absolute Gasteiger partial charge is 0.255 e. The van der Waals surface area contributed by atoms with Crippen molar-refractivity contribution >= 4 is 17.9 Å². The zero-order valence-corrected chi connectivity index (χ0v) is 9.83. The predicted molar refractivity (Wildman–Crippen MR) is 69.6 cm³/mol. The average Bonchev–Trinajstić information content (AvgIpc) is 2.42. The summed E-state index contributed by atoms with van der Waals surface area (Å²) in [6.45, 7) is 0. The van der Waals surface area contributed by atoms with Crippen LogP contribution >= 0.6 is 0 Å². The van der Waals surface area contributed by atoms with Crippen molar-refractivity contribution < 1.29 is 19.8 Å². The van der Waals surface area contributed by atoms with Crippen molar-refractivity contribution in [3.8, 4) is 11.5 Å². The Morgan fingerprint density at radius 2 is 1.84 bits per heavy atom. The van der Waals surface area contributed by atoms with Crippen LogP contribution in [-0.4, -0.2) is 22.4 Å². The maximum absolute atomic E-state index is 11.9. The molecule has 2 aromatic rings. The molecule has 5 nitrogen and oxygen atoms in total. The lowest BCUT2D eigenvalue weighted by molar-refractivity contribution is 0.102. The molecule has 5 heteroatoms. The molecule has 0 atom stereocenters. The topological polar surface area (TPSA) is 86.6 Å². The van der Waals surface area contributed by atoms with Gasteiger partial charge in [-0.2, -0.15) is 0 Å². The monoisotopic (exact) mass is 257 g/mol. The molecule has 1 amide bonds. The second kappa shape index (κ2) is 5.22. The molecule has 3 N–H and O–H groups in total.